The van der Waals surface area contributed by atoms with Crippen LogP contribution in [0.4, 0.5) is 0 Å². The Bertz CT molecular complexity index is 847. The van der Waals surface area contributed by atoms with Gasteiger partial charge in [0.1, 0.15) is 11.9 Å². The molecular formula is C18H15NO3. The highest BCUT2D eigenvalue weighted by Gasteiger charge is 2.39. The molecule has 110 valence electrons. The first-order valence-corrected chi connectivity index (χ1v) is 7.29. The van der Waals surface area contributed by atoms with Gasteiger partial charge >= 0.3 is 0 Å². The summed E-state index contributed by atoms with van der Waals surface area (Å²) in [7, 11) is 0. The van der Waals surface area contributed by atoms with E-state index >= 15 is 0 Å². The first kappa shape index (κ1) is 13.1. The van der Waals surface area contributed by atoms with Crippen LogP contribution in [-0.2, 0) is 11.2 Å². The normalized spacial score (nSPS) is 22.3. The van der Waals surface area contributed by atoms with E-state index in [2.05, 4.69) is 24.0 Å². The first-order valence-electron chi connectivity index (χ1n) is 7.29. The minimum Gasteiger partial charge on any atom is -0.474 e. The minimum atomic E-state index is -0.170. The summed E-state index contributed by atoms with van der Waals surface area (Å²) >= 11 is 0. The van der Waals surface area contributed by atoms with Crippen molar-refractivity contribution in [3.05, 3.63) is 75.5 Å². The first-order chi connectivity index (χ1) is 10.8. The summed E-state index contributed by atoms with van der Waals surface area (Å²) < 4.78 is 11.4. The Morgan fingerprint density at radius 3 is 2.95 bits per heavy atom. The van der Waals surface area contributed by atoms with Crippen LogP contribution in [0.5, 0.6) is 0 Å². The Hall–Kier alpha value is -2.62. The molecule has 0 fully saturated rings. The maximum atomic E-state index is 12.2. The lowest BCUT2D eigenvalue weighted by molar-refractivity contribution is 0.208. The fourth-order valence-electron chi connectivity index (χ4n) is 3.34. The van der Waals surface area contributed by atoms with Crippen LogP contribution in [0, 0.1) is 6.92 Å². The fourth-order valence-corrected chi connectivity index (χ4v) is 3.34. The van der Waals surface area contributed by atoms with E-state index in [0.29, 0.717) is 17.7 Å². The molecule has 0 radical (unpaired) electrons. The van der Waals surface area contributed by atoms with Crippen molar-refractivity contribution in [2.75, 3.05) is 0 Å². The summed E-state index contributed by atoms with van der Waals surface area (Å²) in [5, 5.41) is 0. The molecule has 1 aromatic carbocycles. The maximum absolute atomic E-state index is 12.2. The number of fused-ring (bicyclic) bond motifs is 3. The molecule has 0 bridgehead atoms. The monoisotopic (exact) mass is 293 g/mol. The second-order valence-corrected chi connectivity index (χ2v) is 5.66. The van der Waals surface area contributed by atoms with Crippen LogP contribution in [0.2, 0.25) is 0 Å². The van der Waals surface area contributed by atoms with Crippen molar-refractivity contribution in [3.63, 3.8) is 0 Å². The Morgan fingerprint density at radius 2 is 2.09 bits per heavy atom. The van der Waals surface area contributed by atoms with E-state index < -0.39 is 0 Å². The Balaban J connectivity index is 1.92. The molecule has 22 heavy (non-hydrogen) atoms. The summed E-state index contributed by atoms with van der Waals surface area (Å²) in [6, 6.07) is 9.69. The van der Waals surface area contributed by atoms with Gasteiger partial charge in [0.05, 0.1) is 11.8 Å². The minimum absolute atomic E-state index is 0.00809. The van der Waals surface area contributed by atoms with Crippen molar-refractivity contribution in [1.82, 2.24) is 0 Å². The van der Waals surface area contributed by atoms with Crippen molar-refractivity contribution < 1.29 is 9.15 Å². The lowest BCUT2D eigenvalue weighted by Gasteiger charge is -2.34. The molecule has 2 aromatic rings. The lowest BCUT2D eigenvalue weighted by atomic mass is 9.76. The van der Waals surface area contributed by atoms with Gasteiger partial charge in [0.15, 0.2) is 11.8 Å². The molecule has 1 aliphatic carbocycles. The Kier molecular flexibility index (Phi) is 2.96. The number of nitrogens with zero attached hydrogens (tertiary/aromatic N) is 1. The number of aryl methyl sites for hydroxylation is 1. The summed E-state index contributed by atoms with van der Waals surface area (Å²) in [5.41, 5.74) is 3.95. The second kappa shape index (κ2) is 4.98. The third-order valence-corrected chi connectivity index (χ3v) is 4.40. The van der Waals surface area contributed by atoms with E-state index in [1.807, 2.05) is 12.1 Å². The molecule has 1 aliphatic heterocycles. The van der Waals surface area contributed by atoms with Gasteiger partial charge in [-0.2, -0.15) is 0 Å². The van der Waals surface area contributed by atoms with Gasteiger partial charge in [0, 0.05) is 23.7 Å². The van der Waals surface area contributed by atoms with Gasteiger partial charge in [0.2, 0.25) is 0 Å². The standard InChI is InChI=1S/C18H15NO3/c1-11-4-2-3-5-12(11)13-8-14-16(20)6-7-21-18(14)15-9-19-10-22-17(13)15/h2-7,9-10,13,17H,8H2,1H3. The van der Waals surface area contributed by atoms with E-state index in [-0.39, 0.29) is 17.5 Å². The molecule has 4 rings (SSSR count). The predicted octanol–water partition coefficient (Wildman–Crippen LogP) is 3.06. The Morgan fingerprint density at radius 1 is 1.23 bits per heavy atom. The SMILES string of the molecule is Cc1ccccc1C1Cc2c(occc2=O)C2=CN=COC21. The predicted molar refractivity (Wildman–Crippen MR) is 83.9 cm³/mol. The van der Waals surface area contributed by atoms with Crippen LogP contribution < -0.4 is 5.43 Å². The average molecular weight is 293 g/mol. The van der Waals surface area contributed by atoms with Crippen LogP contribution in [0.3, 0.4) is 0 Å². The van der Waals surface area contributed by atoms with Crippen molar-refractivity contribution in [3.8, 4) is 0 Å². The highest BCUT2D eigenvalue weighted by Crippen LogP contribution is 2.41. The molecule has 0 amide bonds. The van der Waals surface area contributed by atoms with E-state index in [1.54, 1.807) is 6.20 Å². The fraction of sp³-hybridized carbons (Fsp3) is 0.222. The molecule has 2 unspecified atom stereocenters. The number of hydrogen-bond acceptors (Lipinski definition) is 4. The quantitative estimate of drug-likeness (QED) is 0.812. The molecule has 2 heterocycles. The molecule has 4 nitrogen and oxygen atoms in total. The molecule has 1 aromatic heterocycles. The van der Waals surface area contributed by atoms with Gasteiger partial charge in [0.25, 0.3) is 0 Å². The summed E-state index contributed by atoms with van der Waals surface area (Å²) in [5.74, 6) is 0.691. The molecule has 2 atom stereocenters. The largest absolute Gasteiger partial charge is 0.474 e. The summed E-state index contributed by atoms with van der Waals surface area (Å²) in [6.07, 6.45) is 5.08. The smallest absolute Gasteiger partial charge is 0.188 e. The third kappa shape index (κ3) is 1.91. The van der Waals surface area contributed by atoms with Crippen LogP contribution >= 0.6 is 0 Å². The highest BCUT2D eigenvalue weighted by molar-refractivity contribution is 5.75. The van der Waals surface area contributed by atoms with Crippen LogP contribution in [0.15, 0.2) is 57.0 Å². The summed E-state index contributed by atoms with van der Waals surface area (Å²) in [6.45, 7) is 2.08. The van der Waals surface area contributed by atoms with Gasteiger partial charge in [-0.25, -0.2) is 4.99 Å². The van der Waals surface area contributed by atoms with E-state index in [0.717, 1.165) is 5.57 Å². The van der Waals surface area contributed by atoms with E-state index in [4.69, 9.17) is 9.15 Å². The zero-order valence-electron chi connectivity index (χ0n) is 12.2. The number of rotatable bonds is 1. The van der Waals surface area contributed by atoms with Gasteiger partial charge in [-0.1, -0.05) is 24.3 Å². The van der Waals surface area contributed by atoms with Gasteiger partial charge in [-0.15, -0.1) is 0 Å². The number of hydrogen-bond donors (Lipinski definition) is 0. The zero-order chi connectivity index (χ0) is 15.1. The average Bonchev–Trinajstić information content (AvgIpc) is 2.55. The second-order valence-electron chi connectivity index (χ2n) is 5.66. The lowest BCUT2D eigenvalue weighted by Crippen LogP contribution is -2.34. The molecular weight excluding hydrogens is 278 g/mol. The maximum Gasteiger partial charge on any atom is 0.188 e. The number of ether oxygens (including phenoxy) is 1. The molecule has 0 saturated heterocycles. The van der Waals surface area contributed by atoms with E-state index in [1.165, 1.54) is 29.9 Å². The van der Waals surface area contributed by atoms with Crippen LogP contribution in [0.1, 0.15) is 28.4 Å². The zero-order valence-corrected chi connectivity index (χ0v) is 12.2. The highest BCUT2D eigenvalue weighted by atomic mass is 16.5. The summed E-state index contributed by atoms with van der Waals surface area (Å²) in [4.78, 5) is 16.3. The Labute approximate surface area is 127 Å². The van der Waals surface area contributed by atoms with Crippen molar-refractivity contribution in [2.45, 2.75) is 25.4 Å². The van der Waals surface area contributed by atoms with Crippen molar-refractivity contribution >= 4 is 12.0 Å². The van der Waals surface area contributed by atoms with Crippen molar-refractivity contribution in [1.29, 1.82) is 0 Å². The molecule has 0 spiro atoms. The van der Waals surface area contributed by atoms with Gasteiger partial charge in [-0.05, 0) is 24.5 Å². The molecule has 2 aliphatic rings. The molecule has 4 heteroatoms. The number of benzene rings is 1. The number of aliphatic imine (C=N–C) groups is 1. The van der Waals surface area contributed by atoms with E-state index in [9.17, 15) is 4.79 Å². The van der Waals surface area contributed by atoms with Gasteiger partial charge in [-0.3, -0.25) is 4.79 Å². The topological polar surface area (TPSA) is 51.8 Å². The van der Waals surface area contributed by atoms with Crippen LogP contribution in [0.25, 0.3) is 5.57 Å². The third-order valence-electron chi connectivity index (χ3n) is 4.40. The van der Waals surface area contributed by atoms with Gasteiger partial charge < -0.3 is 9.15 Å². The molecule has 0 saturated carbocycles. The van der Waals surface area contributed by atoms with Crippen LogP contribution in [-0.4, -0.2) is 12.5 Å². The molecule has 0 N–H and O–H groups in total. The van der Waals surface area contributed by atoms with Crippen molar-refractivity contribution in [2.24, 2.45) is 4.99 Å².